The first kappa shape index (κ1) is 35.8. The summed E-state index contributed by atoms with van der Waals surface area (Å²) < 4.78 is 27.3. The topological polar surface area (TPSA) is 67.6 Å². The molecular weight excluding hydrogens is 865 g/mol. The molecule has 1 radical (unpaired) electrons. The van der Waals surface area contributed by atoms with Gasteiger partial charge in [-0.3, -0.25) is 0 Å². The summed E-state index contributed by atoms with van der Waals surface area (Å²) in [6, 6.07) is 48.4. The second-order valence-corrected chi connectivity index (χ2v) is 15.8. The first-order valence-electron chi connectivity index (χ1n) is 19.5. The molecule has 0 saturated carbocycles. The van der Waals surface area contributed by atoms with Crippen LogP contribution < -0.4 is 0 Å². The van der Waals surface area contributed by atoms with E-state index in [1.807, 2.05) is 106 Å². The van der Waals surface area contributed by atoms with Crippen LogP contribution in [0.4, 0.5) is 0 Å². The van der Waals surface area contributed by atoms with Gasteiger partial charge in [0.15, 0.2) is 0 Å². The molecule has 0 bridgehead atoms. The summed E-state index contributed by atoms with van der Waals surface area (Å²) in [5, 5.41) is 13.9. The number of rotatable bonds is 4. The zero-order chi connectivity index (χ0) is 40.1. The Hall–Kier alpha value is -5.86. The Labute approximate surface area is 344 Å². The number of hydrogen-bond donors (Lipinski definition) is 0. The summed E-state index contributed by atoms with van der Waals surface area (Å²) in [4.78, 5) is 9.04. The summed E-state index contributed by atoms with van der Waals surface area (Å²) in [5.41, 5.74) is 8.60. The van der Waals surface area contributed by atoms with Gasteiger partial charge in [-0.05, 0) is 52.0 Å². The monoisotopic (exact) mass is 909 g/mol. The molecule has 0 saturated heterocycles. The SMILES string of the molecule is CC(C)(C)c1ccc(-c2[c-]cccc2)nc1.[2H]C([2H])(c1c[c-]c(-c2ccccn2)c2oc3c(-n4c5ccccc5c5ccccc54)c(C#N)ccc3c12)C(C)(C)C.[Ir]. The molecule has 0 aliphatic carbocycles. The third-order valence-corrected chi connectivity index (χ3v) is 9.66. The maximum absolute atomic E-state index is 10.3. The van der Waals surface area contributed by atoms with Crippen molar-refractivity contribution in [3.63, 3.8) is 0 Å². The van der Waals surface area contributed by atoms with Crippen molar-refractivity contribution in [2.45, 2.75) is 53.3 Å². The van der Waals surface area contributed by atoms with E-state index in [0.29, 0.717) is 44.6 Å². The van der Waals surface area contributed by atoms with Gasteiger partial charge in [0.1, 0.15) is 17.3 Å². The minimum absolute atomic E-state index is 0. The van der Waals surface area contributed by atoms with Gasteiger partial charge in [0.05, 0.1) is 22.2 Å². The number of fused-ring (bicyclic) bond motifs is 6. The predicted molar refractivity (Wildman–Crippen MR) is 225 cm³/mol. The molecule has 56 heavy (non-hydrogen) atoms. The van der Waals surface area contributed by atoms with E-state index in [-0.39, 0.29) is 25.5 Å². The van der Waals surface area contributed by atoms with Crippen LogP contribution in [0, 0.1) is 28.9 Å². The van der Waals surface area contributed by atoms with Crippen molar-refractivity contribution in [1.29, 1.82) is 5.26 Å². The Morgan fingerprint density at radius 1 is 0.732 bits per heavy atom. The minimum Gasteiger partial charge on any atom is -0.498 e. The van der Waals surface area contributed by atoms with Gasteiger partial charge in [-0.25, -0.2) is 0 Å². The fraction of sp³-hybridized carbons (Fsp3) is 0.180. The van der Waals surface area contributed by atoms with Crippen LogP contribution in [0.5, 0.6) is 0 Å². The number of hydrogen-bond acceptors (Lipinski definition) is 4. The number of pyridine rings is 2. The Balaban J connectivity index is 0.000000254. The van der Waals surface area contributed by atoms with E-state index in [0.717, 1.165) is 38.4 Å². The van der Waals surface area contributed by atoms with Gasteiger partial charge in [-0.2, -0.15) is 5.26 Å². The molecule has 0 spiro atoms. The normalized spacial score (nSPS) is 12.4. The van der Waals surface area contributed by atoms with Gasteiger partial charge in [-0.15, -0.1) is 53.6 Å². The molecule has 0 unspecified atom stereocenters. The summed E-state index contributed by atoms with van der Waals surface area (Å²) in [6.45, 7) is 12.3. The number of furan rings is 1. The first-order valence-corrected chi connectivity index (χ1v) is 18.5. The molecule has 9 rings (SSSR count). The van der Waals surface area contributed by atoms with E-state index in [9.17, 15) is 8.00 Å². The smallest absolute Gasteiger partial charge is 0.146 e. The molecule has 279 valence electrons. The minimum atomic E-state index is -1.71. The van der Waals surface area contributed by atoms with Crippen molar-refractivity contribution in [2.75, 3.05) is 0 Å². The molecule has 5 aromatic carbocycles. The van der Waals surface area contributed by atoms with Crippen LogP contribution >= 0.6 is 0 Å². The molecule has 4 aromatic heterocycles. The molecule has 5 nitrogen and oxygen atoms in total. The maximum Gasteiger partial charge on any atom is 0.146 e. The standard InChI is InChI=1S/C35H26N3O.C15H16N.Ir/c1-35(2,3)20-22-15-17-26(28-12-8-9-19-37-28)33-31(22)27-18-16-23(21-36)32(34(27)39-33)38-29-13-6-4-10-24(29)25-11-5-7-14-30(25)38;1-15(2,3)13-9-10-14(16-11-13)12-7-5-4-6-8-12;/h4-16,18-19H,20H2,1-3H3;4-7,9-11H,1-3H3;/q2*-1;/i20D2;;. The average Bonchev–Trinajstić information content (AvgIpc) is 3.77. The molecule has 0 N–H and O–H groups in total. The van der Waals surface area contributed by atoms with Crippen molar-refractivity contribution in [1.82, 2.24) is 14.5 Å². The third-order valence-electron chi connectivity index (χ3n) is 9.66. The van der Waals surface area contributed by atoms with Gasteiger partial charge < -0.3 is 19.0 Å². The van der Waals surface area contributed by atoms with Crippen molar-refractivity contribution in [3.8, 4) is 34.3 Å². The van der Waals surface area contributed by atoms with Crippen molar-refractivity contribution < 1.29 is 27.3 Å². The predicted octanol–water partition coefficient (Wildman–Crippen LogP) is 12.8. The van der Waals surface area contributed by atoms with Crippen LogP contribution in [-0.4, -0.2) is 14.5 Å². The largest absolute Gasteiger partial charge is 0.498 e. The van der Waals surface area contributed by atoms with E-state index < -0.39 is 11.8 Å². The number of nitriles is 1. The number of para-hydroxylation sites is 2. The quantitative estimate of drug-likeness (QED) is 0.165. The Bertz CT molecular complexity index is 2900. The molecule has 0 aliphatic heterocycles. The second-order valence-electron chi connectivity index (χ2n) is 15.8. The van der Waals surface area contributed by atoms with Gasteiger partial charge in [0.25, 0.3) is 0 Å². The third kappa shape index (κ3) is 7.29. The molecule has 0 fully saturated rings. The van der Waals surface area contributed by atoms with Crippen LogP contribution in [-0.2, 0) is 31.9 Å². The number of aromatic nitrogens is 3. The van der Waals surface area contributed by atoms with Crippen LogP contribution in [0.15, 0.2) is 138 Å². The molecular formula is C50H42IrN4O-2. The molecule has 0 aliphatic rings. The van der Waals surface area contributed by atoms with Gasteiger partial charge in [0.2, 0.25) is 0 Å². The van der Waals surface area contributed by atoms with Crippen molar-refractivity contribution in [3.05, 3.63) is 163 Å². The van der Waals surface area contributed by atoms with Crippen LogP contribution in [0.25, 0.3) is 71.9 Å². The molecule has 9 aromatic rings. The molecule has 6 heteroatoms. The van der Waals surface area contributed by atoms with Gasteiger partial charge in [-0.1, -0.05) is 126 Å². The van der Waals surface area contributed by atoms with Gasteiger partial charge >= 0.3 is 0 Å². The second kappa shape index (κ2) is 15.3. The maximum atomic E-state index is 10.3. The van der Waals surface area contributed by atoms with Crippen LogP contribution in [0.1, 0.15) is 61.0 Å². The van der Waals surface area contributed by atoms with Gasteiger partial charge in [0, 0.05) is 51.4 Å². The Kier molecular flexibility index (Phi) is 9.82. The molecule has 0 atom stereocenters. The van der Waals surface area contributed by atoms with E-state index in [1.54, 1.807) is 12.3 Å². The fourth-order valence-corrected chi connectivity index (χ4v) is 7.10. The zero-order valence-corrected chi connectivity index (χ0v) is 34.6. The number of nitrogens with zero attached hydrogens (tertiary/aromatic N) is 4. The van der Waals surface area contributed by atoms with Crippen LogP contribution in [0.3, 0.4) is 0 Å². The summed E-state index contributed by atoms with van der Waals surface area (Å²) in [6.07, 6.45) is 1.97. The van der Waals surface area contributed by atoms with E-state index in [2.05, 4.69) is 89.9 Å². The number of benzene rings is 5. The Morgan fingerprint density at radius 2 is 1.43 bits per heavy atom. The van der Waals surface area contributed by atoms with E-state index in [4.69, 9.17) is 4.42 Å². The van der Waals surface area contributed by atoms with E-state index in [1.165, 1.54) is 5.56 Å². The summed E-state index contributed by atoms with van der Waals surface area (Å²) in [5.74, 6) is 0. The molecule has 0 amide bonds. The Morgan fingerprint density at radius 3 is 2.02 bits per heavy atom. The fourth-order valence-electron chi connectivity index (χ4n) is 7.10. The molecule has 4 heterocycles. The van der Waals surface area contributed by atoms with Crippen LogP contribution in [0.2, 0.25) is 0 Å². The van der Waals surface area contributed by atoms with Crippen molar-refractivity contribution >= 4 is 43.7 Å². The summed E-state index contributed by atoms with van der Waals surface area (Å²) >= 11 is 0. The van der Waals surface area contributed by atoms with Crippen molar-refractivity contribution in [2.24, 2.45) is 5.41 Å². The van der Waals surface area contributed by atoms with E-state index >= 15 is 0 Å². The average molecular weight is 909 g/mol. The summed E-state index contributed by atoms with van der Waals surface area (Å²) in [7, 11) is 0. The first-order chi connectivity index (χ1) is 27.3. The zero-order valence-electron chi connectivity index (χ0n) is 34.2.